The molecule has 1 amide bonds. The topological polar surface area (TPSA) is 97.0 Å². The van der Waals surface area contributed by atoms with Crippen molar-refractivity contribution >= 4 is 11.9 Å². The van der Waals surface area contributed by atoms with Gasteiger partial charge in [-0.25, -0.2) is 9.97 Å². The van der Waals surface area contributed by atoms with E-state index < -0.39 is 23.8 Å². The normalized spacial score (nSPS) is 20.4. The monoisotopic (exact) mass is 368 g/mol. The van der Waals surface area contributed by atoms with Gasteiger partial charge in [0.1, 0.15) is 11.7 Å². The first-order valence-corrected chi connectivity index (χ1v) is 8.23. The van der Waals surface area contributed by atoms with E-state index >= 15 is 0 Å². The van der Waals surface area contributed by atoms with E-state index in [0.29, 0.717) is 19.4 Å². The molecule has 1 aliphatic heterocycles. The highest BCUT2D eigenvalue weighted by molar-refractivity contribution is 5.90. The first kappa shape index (κ1) is 16.7. The van der Waals surface area contributed by atoms with Crippen LogP contribution in [-0.4, -0.2) is 38.6 Å². The molecule has 2 aromatic heterocycles. The fraction of sp³-hybridized carbons (Fsp3) is 0.533. The van der Waals surface area contributed by atoms with Gasteiger partial charge in [0, 0.05) is 18.8 Å². The van der Waals surface area contributed by atoms with Crippen molar-refractivity contribution in [3.8, 4) is 0 Å². The quantitative estimate of drug-likeness (QED) is 0.883. The van der Waals surface area contributed by atoms with E-state index in [9.17, 15) is 18.0 Å². The summed E-state index contributed by atoms with van der Waals surface area (Å²) in [7, 11) is 0. The molecule has 0 bridgehead atoms. The molecule has 4 rings (SSSR count). The number of carbonyl (C=O) groups excluding carboxylic acids is 1. The van der Waals surface area contributed by atoms with Crippen molar-refractivity contribution in [3.63, 3.8) is 0 Å². The Morgan fingerprint density at radius 2 is 2.08 bits per heavy atom. The van der Waals surface area contributed by atoms with Gasteiger partial charge in [0.25, 0.3) is 11.7 Å². The number of halogens is 3. The van der Waals surface area contributed by atoms with Crippen LogP contribution in [-0.2, 0) is 6.18 Å². The molecule has 1 N–H and O–H groups in total. The molecular formula is C15H15F3N6O2. The summed E-state index contributed by atoms with van der Waals surface area (Å²) in [6, 6.07) is 0.515. The molecule has 1 saturated carbocycles. The van der Waals surface area contributed by atoms with E-state index in [-0.39, 0.29) is 23.7 Å². The molecule has 0 spiro atoms. The van der Waals surface area contributed by atoms with Crippen LogP contribution in [0.3, 0.4) is 0 Å². The van der Waals surface area contributed by atoms with Crippen LogP contribution in [0.4, 0.5) is 19.1 Å². The van der Waals surface area contributed by atoms with Gasteiger partial charge in [-0.3, -0.25) is 4.79 Å². The summed E-state index contributed by atoms with van der Waals surface area (Å²) in [6.45, 7) is 0.456. The number of amides is 1. The number of hydrogen-bond donors (Lipinski definition) is 1. The van der Waals surface area contributed by atoms with E-state index in [1.165, 1.54) is 0 Å². The Hall–Kier alpha value is -2.72. The summed E-state index contributed by atoms with van der Waals surface area (Å²) in [5.41, 5.74) is -1.01. The SMILES string of the molecule is O=C(NC1CC1)c1noc([C@@H]2CCCN2c2nccc(C(F)(F)F)n2)n1. The number of alkyl halides is 3. The van der Waals surface area contributed by atoms with Gasteiger partial charge < -0.3 is 14.7 Å². The molecule has 0 radical (unpaired) electrons. The van der Waals surface area contributed by atoms with Crippen molar-refractivity contribution in [2.24, 2.45) is 0 Å². The molecule has 1 saturated heterocycles. The lowest BCUT2D eigenvalue weighted by Gasteiger charge is -2.22. The van der Waals surface area contributed by atoms with E-state index in [2.05, 4.69) is 25.4 Å². The molecule has 0 unspecified atom stereocenters. The Morgan fingerprint density at radius 1 is 1.27 bits per heavy atom. The van der Waals surface area contributed by atoms with Crippen LogP contribution in [0.2, 0.25) is 0 Å². The Morgan fingerprint density at radius 3 is 2.81 bits per heavy atom. The molecule has 8 nitrogen and oxygen atoms in total. The lowest BCUT2D eigenvalue weighted by atomic mass is 10.2. The maximum atomic E-state index is 12.9. The minimum absolute atomic E-state index is 0.0514. The summed E-state index contributed by atoms with van der Waals surface area (Å²) in [4.78, 5) is 25.2. The molecule has 1 atom stereocenters. The Labute approximate surface area is 145 Å². The predicted octanol–water partition coefficient (Wildman–Crippen LogP) is 2.11. The number of nitrogens with one attached hydrogen (secondary N) is 1. The second-order valence-electron chi connectivity index (χ2n) is 6.30. The Bertz CT molecular complexity index is 820. The van der Waals surface area contributed by atoms with Crippen molar-refractivity contribution in [1.29, 1.82) is 0 Å². The van der Waals surface area contributed by atoms with E-state index in [0.717, 1.165) is 25.1 Å². The predicted molar refractivity (Wildman–Crippen MR) is 81.1 cm³/mol. The van der Waals surface area contributed by atoms with Gasteiger partial charge in [-0.15, -0.1) is 0 Å². The van der Waals surface area contributed by atoms with Crippen LogP contribution in [0, 0.1) is 0 Å². The van der Waals surface area contributed by atoms with Gasteiger partial charge in [-0.2, -0.15) is 18.2 Å². The first-order valence-electron chi connectivity index (χ1n) is 8.23. The van der Waals surface area contributed by atoms with Crippen LogP contribution in [0.15, 0.2) is 16.8 Å². The second kappa shape index (κ2) is 6.22. The zero-order valence-corrected chi connectivity index (χ0v) is 13.5. The van der Waals surface area contributed by atoms with Crippen LogP contribution in [0.1, 0.15) is 53.9 Å². The Kier molecular flexibility index (Phi) is 4.00. The number of aromatic nitrogens is 4. The smallest absolute Gasteiger partial charge is 0.346 e. The molecule has 0 aromatic carbocycles. The maximum Gasteiger partial charge on any atom is 0.433 e. The van der Waals surface area contributed by atoms with Crippen molar-refractivity contribution in [2.75, 3.05) is 11.4 Å². The fourth-order valence-corrected chi connectivity index (χ4v) is 2.85. The number of rotatable bonds is 4. The van der Waals surface area contributed by atoms with E-state index in [4.69, 9.17) is 4.52 Å². The Balaban J connectivity index is 1.55. The van der Waals surface area contributed by atoms with Crippen LogP contribution < -0.4 is 10.2 Å². The van der Waals surface area contributed by atoms with Gasteiger partial charge >= 0.3 is 6.18 Å². The molecule has 1 aliphatic carbocycles. The molecule has 2 aliphatic rings. The summed E-state index contributed by atoms with van der Waals surface area (Å²) in [5, 5.41) is 6.43. The fourth-order valence-electron chi connectivity index (χ4n) is 2.85. The number of anilines is 1. The minimum atomic E-state index is -4.55. The molecule has 3 heterocycles. The zero-order chi connectivity index (χ0) is 18.3. The largest absolute Gasteiger partial charge is 0.433 e. The average Bonchev–Trinajstić information content (AvgIpc) is 3.11. The first-order chi connectivity index (χ1) is 12.4. The minimum Gasteiger partial charge on any atom is -0.346 e. The van der Waals surface area contributed by atoms with Crippen LogP contribution in [0.5, 0.6) is 0 Å². The van der Waals surface area contributed by atoms with Gasteiger partial charge in [0.15, 0.2) is 0 Å². The highest BCUT2D eigenvalue weighted by atomic mass is 19.4. The van der Waals surface area contributed by atoms with Crippen molar-refractivity contribution < 1.29 is 22.5 Å². The highest BCUT2D eigenvalue weighted by Crippen LogP contribution is 2.35. The molecule has 2 fully saturated rings. The number of hydrogen-bond acceptors (Lipinski definition) is 7. The van der Waals surface area contributed by atoms with Gasteiger partial charge in [-0.05, 0) is 31.7 Å². The third-order valence-electron chi connectivity index (χ3n) is 4.29. The number of carbonyl (C=O) groups is 1. The van der Waals surface area contributed by atoms with Crippen molar-refractivity contribution in [1.82, 2.24) is 25.4 Å². The zero-order valence-electron chi connectivity index (χ0n) is 13.5. The van der Waals surface area contributed by atoms with E-state index in [1.807, 2.05) is 0 Å². The standard InChI is InChI=1S/C15H15F3N6O2/c16-15(17,18)10-5-6-19-14(21-10)24-7-1-2-9(24)13-22-11(23-26-13)12(25)20-8-3-4-8/h5-6,8-9H,1-4,7H2,(H,20,25)/t9-/m0/s1. The summed E-state index contributed by atoms with van der Waals surface area (Å²) in [5.74, 6) is -0.375. The molecular weight excluding hydrogens is 353 g/mol. The third kappa shape index (κ3) is 3.33. The second-order valence-corrected chi connectivity index (χ2v) is 6.30. The number of nitrogens with zero attached hydrogens (tertiary/aromatic N) is 5. The summed E-state index contributed by atoms with van der Waals surface area (Å²) < 4.78 is 43.8. The average molecular weight is 368 g/mol. The van der Waals surface area contributed by atoms with Gasteiger partial charge in [0.05, 0.1) is 0 Å². The molecule has 26 heavy (non-hydrogen) atoms. The van der Waals surface area contributed by atoms with Gasteiger partial charge in [0.2, 0.25) is 11.8 Å². The van der Waals surface area contributed by atoms with Gasteiger partial charge in [-0.1, -0.05) is 5.16 Å². The summed E-state index contributed by atoms with van der Waals surface area (Å²) >= 11 is 0. The van der Waals surface area contributed by atoms with Crippen molar-refractivity contribution in [2.45, 2.75) is 43.9 Å². The highest BCUT2D eigenvalue weighted by Gasteiger charge is 2.37. The van der Waals surface area contributed by atoms with Crippen LogP contribution >= 0.6 is 0 Å². The van der Waals surface area contributed by atoms with Crippen LogP contribution in [0.25, 0.3) is 0 Å². The van der Waals surface area contributed by atoms with E-state index in [1.54, 1.807) is 4.90 Å². The third-order valence-corrected chi connectivity index (χ3v) is 4.29. The maximum absolute atomic E-state index is 12.9. The summed E-state index contributed by atoms with van der Waals surface area (Å²) in [6.07, 6.45) is -0.324. The molecule has 138 valence electrons. The lowest BCUT2D eigenvalue weighted by Crippen LogP contribution is -2.27. The van der Waals surface area contributed by atoms with Crippen molar-refractivity contribution in [3.05, 3.63) is 29.7 Å². The molecule has 11 heteroatoms. The lowest BCUT2D eigenvalue weighted by molar-refractivity contribution is -0.141. The molecule has 2 aromatic rings.